The highest BCUT2D eigenvalue weighted by molar-refractivity contribution is 5.69. The summed E-state index contributed by atoms with van der Waals surface area (Å²) in [5.74, 6) is 0.0484. The molecule has 1 aliphatic rings. The second-order valence-electron chi connectivity index (χ2n) is 8.80. The summed E-state index contributed by atoms with van der Waals surface area (Å²) in [6.45, 7) is 2.29. The third-order valence-corrected chi connectivity index (χ3v) is 6.08. The fraction of sp³-hybridized carbons (Fsp3) is 0.960. The minimum atomic E-state index is 0.0484. The van der Waals surface area contributed by atoms with Crippen LogP contribution >= 0.6 is 0 Å². The van der Waals surface area contributed by atoms with Gasteiger partial charge in [-0.1, -0.05) is 110 Å². The third-order valence-electron chi connectivity index (χ3n) is 6.08. The van der Waals surface area contributed by atoms with E-state index in [1.807, 2.05) is 0 Å². The highest BCUT2D eigenvalue weighted by Crippen LogP contribution is 2.21. The first-order chi connectivity index (χ1) is 13.3. The van der Waals surface area contributed by atoms with Crippen LogP contribution < -0.4 is 0 Å². The normalized spacial score (nSPS) is 15.1. The van der Waals surface area contributed by atoms with Crippen LogP contribution in [0.4, 0.5) is 0 Å². The number of carbonyl (C=O) groups excluding carboxylic acids is 1. The van der Waals surface area contributed by atoms with Gasteiger partial charge in [-0.3, -0.25) is 4.79 Å². The molecule has 0 atom stereocenters. The number of carbonyl (C=O) groups is 1. The van der Waals surface area contributed by atoms with E-state index in [9.17, 15) is 4.79 Å². The molecule has 0 saturated heterocycles. The maximum Gasteiger partial charge on any atom is 0.306 e. The van der Waals surface area contributed by atoms with Gasteiger partial charge in [0.05, 0.1) is 0 Å². The van der Waals surface area contributed by atoms with Crippen molar-refractivity contribution in [2.45, 2.75) is 154 Å². The van der Waals surface area contributed by atoms with E-state index in [1.54, 1.807) is 0 Å². The Morgan fingerprint density at radius 2 is 1.04 bits per heavy atom. The van der Waals surface area contributed by atoms with Crippen molar-refractivity contribution in [3.8, 4) is 0 Å². The standard InChI is InChI=1S/C25H48O2/c1-2-3-4-5-6-7-8-9-10-11-12-13-14-15-16-20-23-25(26)27-24-21-18-17-19-22-24/h24H,2-23H2,1H3. The van der Waals surface area contributed by atoms with E-state index < -0.39 is 0 Å². The molecule has 0 bridgehead atoms. The second kappa shape index (κ2) is 18.8. The van der Waals surface area contributed by atoms with Crippen molar-refractivity contribution in [1.29, 1.82) is 0 Å². The summed E-state index contributed by atoms with van der Waals surface area (Å²) in [5, 5.41) is 0. The molecule has 0 aliphatic heterocycles. The molecule has 0 aromatic heterocycles. The van der Waals surface area contributed by atoms with Gasteiger partial charge in [0.25, 0.3) is 0 Å². The predicted molar refractivity (Wildman–Crippen MR) is 117 cm³/mol. The first-order valence-electron chi connectivity index (χ1n) is 12.5. The van der Waals surface area contributed by atoms with E-state index in [4.69, 9.17) is 4.74 Å². The summed E-state index contributed by atoms with van der Waals surface area (Å²) >= 11 is 0. The Balaban J connectivity index is 1.72. The Labute approximate surface area is 170 Å². The first-order valence-corrected chi connectivity index (χ1v) is 12.5. The van der Waals surface area contributed by atoms with Gasteiger partial charge in [-0.25, -0.2) is 0 Å². The molecule has 1 fully saturated rings. The van der Waals surface area contributed by atoms with Crippen LogP contribution in [0.5, 0.6) is 0 Å². The molecule has 2 heteroatoms. The van der Waals surface area contributed by atoms with E-state index in [1.165, 1.54) is 116 Å². The van der Waals surface area contributed by atoms with Crippen LogP contribution in [0.2, 0.25) is 0 Å². The van der Waals surface area contributed by atoms with Gasteiger partial charge >= 0.3 is 5.97 Å². The van der Waals surface area contributed by atoms with Crippen LogP contribution in [0, 0.1) is 0 Å². The molecule has 27 heavy (non-hydrogen) atoms. The molecule has 1 rings (SSSR count). The van der Waals surface area contributed by atoms with Crippen LogP contribution in [-0.2, 0) is 9.53 Å². The number of esters is 1. The summed E-state index contributed by atoms with van der Waals surface area (Å²) in [6.07, 6.45) is 28.8. The lowest BCUT2D eigenvalue weighted by Crippen LogP contribution is -2.20. The largest absolute Gasteiger partial charge is 0.462 e. The predicted octanol–water partition coefficient (Wildman–Crippen LogP) is 8.51. The molecular weight excluding hydrogens is 332 g/mol. The van der Waals surface area contributed by atoms with Gasteiger partial charge in [-0.2, -0.15) is 0 Å². The average molecular weight is 381 g/mol. The van der Waals surface area contributed by atoms with Crippen LogP contribution in [0.1, 0.15) is 148 Å². The van der Waals surface area contributed by atoms with E-state index >= 15 is 0 Å². The van der Waals surface area contributed by atoms with Crippen LogP contribution in [0.15, 0.2) is 0 Å². The monoisotopic (exact) mass is 380 g/mol. The van der Waals surface area contributed by atoms with Crippen molar-refractivity contribution in [3.05, 3.63) is 0 Å². The molecule has 0 radical (unpaired) electrons. The first kappa shape index (κ1) is 24.5. The molecule has 0 amide bonds. The molecule has 1 saturated carbocycles. The van der Waals surface area contributed by atoms with E-state index in [-0.39, 0.29) is 12.1 Å². The smallest absolute Gasteiger partial charge is 0.306 e. The molecule has 0 aromatic carbocycles. The zero-order valence-corrected chi connectivity index (χ0v) is 18.5. The zero-order chi connectivity index (χ0) is 19.4. The lowest BCUT2D eigenvalue weighted by Gasteiger charge is -2.21. The summed E-state index contributed by atoms with van der Waals surface area (Å²) in [4.78, 5) is 11.8. The van der Waals surface area contributed by atoms with Crippen LogP contribution in [0.3, 0.4) is 0 Å². The number of hydrogen-bond acceptors (Lipinski definition) is 2. The Hall–Kier alpha value is -0.530. The molecule has 0 aromatic rings. The zero-order valence-electron chi connectivity index (χ0n) is 18.5. The SMILES string of the molecule is CCCCCCCCCCCCCCCCCCC(=O)OC1CCCCC1. The Bertz CT molecular complexity index is 320. The van der Waals surface area contributed by atoms with Gasteiger partial charge in [-0.05, 0) is 32.1 Å². The van der Waals surface area contributed by atoms with Gasteiger partial charge in [0.2, 0.25) is 0 Å². The number of hydrogen-bond donors (Lipinski definition) is 0. The van der Waals surface area contributed by atoms with Crippen molar-refractivity contribution in [2.75, 3.05) is 0 Å². The maximum atomic E-state index is 11.8. The Kier molecular flexibility index (Phi) is 17.1. The van der Waals surface area contributed by atoms with Crippen molar-refractivity contribution in [1.82, 2.24) is 0 Å². The molecule has 1 aliphatic carbocycles. The average Bonchev–Trinajstić information content (AvgIpc) is 2.68. The molecule has 2 nitrogen and oxygen atoms in total. The summed E-state index contributed by atoms with van der Waals surface area (Å²) in [7, 11) is 0. The molecule has 0 spiro atoms. The summed E-state index contributed by atoms with van der Waals surface area (Å²) in [6, 6.07) is 0. The van der Waals surface area contributed by atoms with Gasteiger partial charge in [-0.15, -0.1) is 0 Å². The number of rotatable bonds is 18. The maximum absolute atomic E-state index is 11.8. The van der Waals surface area contributed by atoms with E-state index in [2.05, 4.69) is 6.92 Å². The minimum absolute atomic E-state index is 0.0484. The van der Waals surface area contributed by atoms with Crippen molar-refractivity contribution in [2.24, 2.45) is 0 Å². The van der Waals surface area contributed by atoms with Gasteiger partial charge in [0.1, 0.15) is 6.10 Å². The molecule has 0 unspecified atom stereocenters. The number of unbranched alkanes of at least 4 members (excludes halogenated alkanes) is 15. The summed E-state index contributed by atoms with van der Waals surface area (Å²) < 4.78 is 5.58. The van der Waals surface area contributed by atoms with E-state index in [0.29, 0.717) is 6.42 Å². The van der Waals surface area contributed by atoms with Crippen molar-refractivity contribution < 1.29 is 9.53 Å². The van der Waals surface area contributed by atoms with Crippen molar-refractivity contribution in [3.63, 3.8) is 0 Å². The lowest BCUT2D eigenvalue weighted by atomic mass is 9.98. The quantitative estimate of drug-likeness (QED) is 0.176. The molecular formula is C25H48O2. The highest BCUT2D eigenvalue weighted by atomic mass is 16.5. The van der Waals surface area contributed by atoms with Gasteiger partial charge in [0, 0.05) is 6.42 Å². The second-order valence-corrected chi connectivity index (χ2v) is 8.80. The number of ether oxygens (including phenoxy) is 1. The summed E-state index contributed by atoms with van der Waals surface area (Å²) in [5.41, 5.74) is 0. The molecule has 160 valence electrons. The Morgan fingerprint density at radius 1 is 0.630 bits per heavy atom. The van der Waals surface area contributed by atoms with Gasteiger partial charge < -0.3 is 4.74 Å². The van der Waals surface area contributed by atoms with Crippen LogP contribution in [0.25, 0.3) is 0 Å². The van der Waals surface area contributed by atoms with Crippen molar-refractivity contribution >= 4 is 5.97 Å². The fourth-order valence-corrected chi connectivity index (χ4v) is 4.25. The highest BCUT2D eigenvalue weighted by Gasteiger charge is 2.17. The van der Waals surface area contributed by atoms with Crippen LogP contribution in [-0.4, -0.2) is 12.1 Å². The fourth-order valence-electron chi connectivity index (χ4n) is 4.25. The molecule has 0 N–H and O–H groups in total. The molecule has 0 heterocycles. The third kappa shape index (κ3) is 16.2. The van der Waals surface area contributed by atoms with Gasteiger partial charge in [0.15, 0.2) is 0 Å². The minimum Gasteiger partial charge on any atom is -0.462 e. The lowest BCUT2D eigenvalue weighted by molar-refractivity contribution is -0.150. The topological polar surface area (TPSA) is 26.3 Å². The van der Waals surface area contributed by atoms with E-state index in [0.717, 1.165) is 19.3 Å². The Morgan fingerprint density at radius 3 is 1.48 bits per heavy atom.